The Bertz CT molecular complexity index is 335. The summed E-state index contributed by atoms with van der Waals surface area (Å²) in [6.45, 7) is 9.62. The lowest BCUT2D eigenvalue weighted by atomic mass is 10.0. The monoisotopic (exact) mass is 250 g/mol. The Hall–Kier alpha value is -1.16. The smallest absolute Gasteiger partial charge is 0.222 e. The normalized spacial score (nSPS) is 13.4. The summed E-state index contributed by atoms with van der Waals surface area (Å²) < 4.78 is 0. The minimum absolute atomic E-state index is 0.476. The number of hydrogen-bond donors (Lipinski definition) is 1. The third kappa shape index (κ3) is 4.26. The van der Waals surface area contributed by atoms with Gasteiger partial charge in [-0.3, -0.25) is 0 Å². The molecule has 0 saturated carbocycles. The molecule has 1 N–H and O–H groups in total. The maximum absolute atomic E-state index is 4.35. The van der Waals surface area contributed by atoms with Crippen LogP contribution in [0.4, 0.5) is 5.95 Å². The lowest BCUT2D eigenvalue weighted by Gasteiger charge is -2.28. The molecule has 0 aliphatic heterocycles. The van der Waals surface area contributed by atoms with Gasteiger partial charge >= 0.3 is 0 Å². The Balaban J connectivity index is 2.57. The van der Waals surface area contributed by atoms with Gasteiger partial charge in [-0.25, -0.2) is 9.97 Å². The van der Waals surface area contributed by atoms with Crippen LogP contribution in [0.5, 0.6) is 0 Å². The first-order valence-electron chi connectivity index (χ1n) is 6.64. The predicted octanol–water partition coefficient (Wildman–Crippen LogP) is 2.60. The lowest BCUT2D eigenvalue weighted by Crippen LogP contribution is -2.38. The van der Waals surface area contributed by atoms with Crippen LogP contribution in [-0.4, -0.2) is 41.5 Å². The van der Waals surface area contributed by atoms with Crippen molar-refractivity contribution in [2.75, 3.05) is 26.0 Å². The minimum atomic E-state index is 0.476. The first-order chi connectivity index (χ1) is 8.41. The molecule has 1 atom stereocenters. The molecule has 0 aromatic carbocycles. The van der Waals surface area contributed by atoms with E-state index in [1.807, 2.05) is 12.4 Å². The third-order valence-electron chi connectivity index (χ3n) is 3.24. The highest BCUT2D eigenvalue weighted by Crippen LogP contribution is 2.13. The number of hydrogen-bond acceptors (Lipinski definition) is 4. The fourth-order valence-electron chi connectivity index (χ4n) is 1.94. The summed E-state index contributed by atoms with van der Waals surface area (Å²) in [6, 6.07) is 0.485. The molecule has 18 heavy (non-hydrogen) atoms. The number of nitrogens with zero attached hydrogens (tertiary/aromatic N) is 3. The topological polar surface area (TPSA) is 41.1 Å². The fraction of sp³-hybridized carbons (Fsp3) is 0.714. The third-order valence-corrected chi connectivity index (χ3v) is 3.24. The number of nitrogens with one attached hydrogen (secondary N) is 1. The van der Waals surface area contributed by atoms with Crippen LogP contribution in [0.25, 0.3) is 0 Å². The minimum Gasteiger partial charge on any atom is -0.353 e. The molecule has 102 valence electrons. The Morgan fingerprint density at radius 1 is 1.11 bits per heavy atom. The molecule has 4 nitrogen and oxygen atoms in total. The second kappa shape index (κ2) is 6.69. The van der Waals surface area contributed by atoms with Gasteiger partial charge in [-0.2, -0.15) is 0 Å². The van der Waals surface area contributed by atoms with Gasteiger partial charge in [0, 0.05) is 25.0 Å². The molecular formula is C14H26N4. The second-order valence-electron chi connectivity index (χ2n) is 5.65. The Morgan fingerprint density at radius 3 is 2.06 bits per heavy atom. The van der Waals surface area contributed by atoms with Crippen LogP contribution < -0.4 is 5.32 Å². The summed E-state index contributed by atoms with van der Waals surface area (Å²) in [4.78, 5) is 10.9. The summed E-state index contributed by atoms with van der Waals surface area (Å²) >= 11 is 0. The molecule has 4 heteroatoms. The molecule has 1 heterocycles. The average molecular weight is 250 g/mol. The van der Waals surface area contributed by atoms with Gasteiger partial charge in [0.1, 0.15) is 0 Å². The molecule has 1 aromatic rings. The zero-order valence-electron chi connectivity index (χ0n) is 12.4. The number of aromatic nitrogens is 2. The molecule has 0 aliphatic carbocycles. The van der Waals surface area contributed by atoms with Crippen molar-refractivity contribution in [1.82, 2.24) is 14.9 Å². The summed E-state index contributed by atoms with van der Waals surface area (Å²) in [5, 5.41) is 3.31. The van der Waals surface area contributed by atoms with Crippen molar-refractivity contribution in [3.05, 3.63) is 18.0 Å². The van der Waals surface area contributed by atoms with Crippen molar-refractivity contribution in [3.63, 3.8) is 0 Å². The van der Waals surface area contributed by atoms with Crippen molar-refractivity contribution < 1.29 is 0 Å². The predicted molar refractivity (Wildman–Crippen MR) is 76.9 cm³/mol. The van der Waals surface area contributed by atoms with Crippen LogP contribution in [0, 0.1) is 5.92 Å². The maximum atomic E-state index is 4.35. The van der Waals surface area contributed by atoms with Crippen molar-refractivity contribution in [1.29, 1.82) is 0 Å². The SMILES string of the molecule is CC(C)c1cnc(NCC(C(C)C)N(C)C)nc1. The maximum Gasteiger partial charge on any atom is 0.222 e. The van der Waals surface area contributed by atoms with E-state index in [4.69, 9.17) is 0 Å². The van der Waals surface area contributed by atoms with E-state index in [1.165, 1.54) is 5.56 Å². The molecule has 0 bridgehead atoms. The van der Waals surface area contributed by atoms with E-state index in [1.54, 1.807) is 0 Å². The highest BCUT2D eigenvalue weighted by molar-refractivity contribution is 5.26. The molecule has 0 spiro atoms. The molecule has 0 saturated heterocycles. The quantitative estimate of drug-likeness (QED) is 0.842. The second-order valence-corrected chi connectivity index (χ2v) is 5.65. The zero-order valence-corrected chi connectivity index (χ0v) is 12.4. The van der Waals surface area contributed by atoms with E-state index in [2.05, 4.69) is 62.0 Å². The van der Waals surface area contributed by atoms with Gasteiger partial charge in [0.15, 0.2) is 0 Å². The average Bonchev–Trinajstić information content (AvgIpc) is 2.28. The highest BCUT2D eigenvalue weighted by Gasteiger charge is 2.15. The summed E-state index contributed by atoms with van der Waals surface area (Å²) in [6.07, 6.45) is 3.81. The Labute approximate surface area is 111 Å². The van der Waals surface area contributed by atoms with Gasteiger partial charge in [-0.15, -0.1) is 0 Å². The van der Waals surface area contributed by atoms with Crippen LogP contribution >= 0.6 is 0 Å². The number of rotatable bonds is 6. The van der Waals surface area contributed by atoms with Gasteiger partial charge in [0.2, 0.25) is 5.95 Å². The van der Waals surface area contributed by atoms with E-state index in [0.29, 0.717) is 23.8 Å². The Kier molecular flexibility index (Phi) is 5.54. The zero-order chi connectivity index (χ0) is 13.7. The van der Waals surface area contributed by atoms with Crippen LogP contribution in [-0.2, 0) is 0 Å². The molecule has 1 aromatic heterocycles. The van der Waals surface area contributed by atoms with Crippen molar-refractivity contribution in [2.45, 2.75) is 39.7 Å². The van der Waals surface area contributed by atoms with E-state index >= 15 is 0 Å². The van der Waals surface area contributed by atoms with Crippen LogP contribution in [0.3, 0.4) is 0 Å². The molecular weight excluding hydrogens is 224 g/mol. The van der Waals surface area contributed by atoms with E-state index in [-0.39, 0.29) is 0 Å². The van der Waals surface area contributed by atoms with Crippen molar-refractivity contribution in [2.24, 2.45) is 5.92 Å². The Morgan fingerprint density at radius 2 is 1.67 bits per heavy atom. The van der Waals surface area contributed by atoms with E-state index in [0.717, 1.165) is 6.54 Å². The van der Waals surface area contributed by atoms with E-state index in [9.17, 15) is 0 Å². The van der Waals surface area contributed by atoms with Crippen LogP contribution in [0.15, 0.2) is 12.4 Å². The molecule has 1 rings (SSSR count). The first kappa shape index (κ1) is 14.9. The van der Waals surface area contributed by atoms with Crippen molar-refractivity contribution >= 4 is 5.95 Å². The molecule has 0 aliphatic rings. The fourth-order valence-corrected chi connectivity index (χ4v) is 1.94. The lowest BCUT2D eigenvalue weighted by molar-refractivity contribution is 0.243. The van der Waals surface area contributed by atoms with Crippen LogP contribution in [0.2, 0.25) is 0 Å². The largest absolute Gasteiger partial charge is 0.353 e. The van der Waals surface area contributed by atoms with Gasteiger partial charge < -0.3 is 10.2 Å². The number of likely N-dealkylation sites (N-methyl/N-ethyl adjacent to an activating group) is 1. The number of anilines is 1. The standard InChI is InChI=1S/C14H26N4/c1-10(2)12-7-15-14(16-8-12)17-9-13(11(3)4)18(5)6/h7-8,10-11,13H,9H2,1-6H3,(H,15,16,17). The molecule has 0 radical (unpaired) electrons. The van der Waals surface area contributed by atoms with Crippen molar-refractivity contribution in [3.8, 4) is 0 Å². The first-order valence-corrected chi connectivity index (χ1v) is 6.64. The molecule has 0 amide bonds. The van der Waals surface area contributed by atoms with Gasteiger partial charge in [0.05, 0.1) is 0 Å². The summed E-state index contributed by atoms with van der Waals surface area (Å²) in [5.74, 6) is 1.79. The molecule has 1 unspecified atom stereocenters. The van der Waals surface area contributed by atoms with Gasteiger partial charge in [-0.1, -0.05) is 27.7 Å². The summed E-state index contributed by atoms with van der Waals surface area (Å²) in [5.41, 5.74) is 1.17. The van der Waals surface area contributed by atoms with E-state index < -0.39 is 0 Å². The summed E-state index contributed by atoms with van der Waals surface area (Å²) in [7, 11) is 4.21. The van der Waals surface area contributed by atoms with Gasteiger partial charge in [0.25, 0.3) is 0 Å². The highest BCUT2D eigenvalue weighted by atomic mass is 15.2. The van der Waals surface area contributed by atoms with Gasteiger partial charge in [-0.05, 0) is 31.5 Å². The molecule has 0 fully saturated rings. The van der Waals surface area contributed by atoms with Crippen LogP contribution in [0.1, 0.15) is 39.2 Å².